The van der Waals surface area contributed by atoms with E-state index in [-0.39, 0.29) is 26.2 Å². The summed E-state index contributed by atoms with van der Waals surface area (Å²) in [4.78, 5) is 26.1. The van der Waals surface area contributed by atoms with E-state index in [9.17, 15) is 22.8 Å². The molecule has 0 aromatic rings. The molecule has 1 rings (SSSR count). The smallest absolute Gasteiger partial charge is 0.414 e. The molecular weight excluding hydrogens is 313 g/mol. The third-order valence-electron chi connectivity index (χ3n) is 3.67. The van der Waals surface area contributed by atoms with Crippen LogP contribution in [0.4, 0.5) is 18.0 Å². The molecule has 0 spiro atoms. The topological polar surface area (TPSA) is 46.6 Å². The van der Waals surface area contributed by atoms with Crippen LogP contribution in [-0.4, -0.2) is 65.9 Å². The first-order valence-corrected chi connectivity index (χ1v) is 7.83. The molecule has 1 aliphatic heterocycles. The van der Waals surface area contributed by atoms with Gasteiger partial charge in [0.1, 0.15) is 18.7 Å². The minimum Gasteiger partial charge on any atom is -0.414 e. The average molecular weight is 339 g/mol. The zero-order valence-electron chi connectivity index (χ0n) is 14.2. The van der Waals surface area contributed by atoms with Crippen molar-refractivity contribution in [3.05, 3.63) is 0 Å². The minimum absolute atomic E-state index is 0.0177. The summed E-state index contributed by atoms with van der Waals surface area (Å²) in [6.07, 6.45) is -3.61. The Kier molecular flexibility index (Phi) is 6.20. The normalized spacial score (nSPS) is 23.9. The SMILES string of the molecule is CCCC[N+]1(C(=O)OC(C)(C)C)CCN(CC(F)(F)F)CC1=O. The van der Waals surface area contributed by atoms with Gasteiger partial charge >= 0.3 is 18.2 Å². The van der Waals surface area contributed by atoms with Gasteiger partial charge in [-0.1, -0.05) is 13.3 Å². The summed E-state index contributed by atoms with van der Waals surface area (Å²) in [6.45, 7) is 5.82. The number of carbonyl (C=O) groups is 2. The van der Waals surface area contributed by atoms with Crippen LogP contribution in [0, 0.1) is 0 Å². The van der Waals surface area contributed by atoms with E-state index in [0.717, 1.165) is 11.3 Å². The highest BCUT2D eigenvalue weighted by Gasteiger charge is 2.51. The van der Waals surface area contributed by atoms with Crippen LogP contribution in [0.1, 0.15) is 40.5 Å². The highest BCUT2D eigenvalue weighted by Crippen LogP contribution is 2.24. The molecule has 5 nitrogen and oxygen atoms in total. The fourth-order valence-electron chi connectivity index (χ4n) is 2.53. The number of quaternary nitrogens is 1. The number of piperazine rings is 1. The molecular formula is C15H26F3N2O3+. The highest BCUT2D eigenvalue weighted by molar-refractivity contribution is 5.83. The largest absolute Gasteiger partial charge is 0.524 e. The Bertz CT molecular complexity index is 446. The van der Waals surface area contributed by atoms with Gasteiger partial charge in [-0.15, -0.1) is 0 Å². The maximum Gasteiger partial charge on any atom is 0.524 e. The van der Waals surface area contributed by atoms with Crippen molar-refractivity contribution in [3.8, 4) is 0 Å². The lowest BCUT2D eigenvalue weighted by Gasteiger charge is -2.40. The molecule has 1 saturated heterocycles. The molecule has 134 valence electrons. The number of nitrogens with zero attached hydrogens (tertiary/aromatic N) is 2. The Morgan fingerprint density at radius 3 is 2.35 bits per heavy atom. The van der Waals surface area contributed by atoms with Gasteiger partial charge in [-0.2, -0.15) is 22.4 Å². The Balaban J connectivity index is 2.91. The van der Waals surface area contributed by atoms with Crippen molar-refractivity contribution in [1.82, 2.24) is 4.90 Å². The van der Waals surface area contributed by atoms with E-state index in [0.29, 0.717) is 6.42 Å². The lowest BCUT2D eigenvalue weighted by Crippen LogP contribution is -2.67. The van der Waals surface area contributed by atoms with Gasteiger partial charge in [0.15, 0.2) is 0 Å². The summed E-state index contributed by atoms with van der Waals surface area (Å²) in [5.41, 5.74) is -0.752. The zero-order chi connectivity index (χ0) is 17.9. The van der Waals surface area contributed by atoms with Crippen molar-refractivity contribution >= 4 is 12.0 Å². The predicted octanol–water partition coefficient (Wildman–Crippen LogP) is 2.94. The number of unbranched alkanes of at least 4 members (excludes halogenated alkanes) is 1. The first kappa shape index (κ1) is 19.9. The first-order chi connectivity index (χ1) is 10.4. The van der Waals surface area contributed by atoms with Gasteiger partial charge in [0.2, 0.25) is 0 Å². The molecule has 1 atom stereocenters. The van der Waals surface area contributed by atoms with Crippen molar-refractivity contribution in [1.29, 1.82) is 0 Å². The third kappa shape index (κ3) is 5.76. The van der Waals surface area contributed by atoms with Crippen molar-refractivity contribution in [2.24, 2.45) is 0 Å². The fraction of sp³-hybridized carbons (Fsp3) is 0.867. The summed E-state index contributed by atoms with van der Waals surface area (Å²) in [5, 5.41) is 0. The highest BCUT2D eigenvalue weighted by atomic mass is 19.4. The number of rotatable bonds is 4. The van der Waals surface area contributed by atoms with E-state index in [1.54, 1.807) is 20.8 Å². The molecule has 1 unspecified atom stereocenters. The molecule has 0 bridgehead atoms. The van der Waals surface area contributed by atoms with Gasteiger partial charge in [0.05, 0.1) is 13.1 Å². The minimum atomic E-state index is -4.36. The molecule has 2 amide bonds. The van der Waals surface area contributed by atoms with E-state index < -0.39 is 34.8 Å². The van der Waals surface area contributed by atoms with Crippen LogP contribution in [-0.2, 0) is 9.53 Å². The van der Waals surface area contributed by atoms with E-state index in [1.807, 2.05) is 6.92 Å². The maximum absolute atomic E-state index is 12.5. The van der Waals surface area contributed by atoms with Crippen molar-refractivity contribution < 1.29 is 32.0 Å². The van der Waals surface area contributed by atoms with Gasteiger partial charge in [-0.05, 0) is 27.2 Å². The first-order valence-electron chi connectivity index (χ1n) is 7.83. The van der Waals surface area contributed by atoms with E-state index in [4.69, 9.17) is 4.74 Å². The predicted molar refractivity (Wildman–Crippen MR) is 78.6 cm³/mol. The number of alkyl halides is 3. The summed E-state index contributed by atoms with van der Waals surface area (Å²) >= 11 is 0. The Hall–Kier alpha value is -1.15. The molecule has 8 heteroatoms. The number of hydrogen-bond acceptors (Lipinski definition) is 4. The van der Waals surface area contributed by atoms with Crippen LogP contribution in [0.2, 0.25) is 0 Å². The summed E-state index contributed by atoms with van der Waals surface area (Å²) in [6, 6.07) is 0. The second kappa shape index (κ2) is 7.17. The van der Waals surface area contributed by atoms with Gasteiger partial charge in [0.25, 0.3) is 0 Å². The van der Waals surface area contributed by atoms with Gasteiger partial charge < -0.3 is 4.74 Å². The zero-order valence-corrected chi connectivity index (χ0v) is 14.2. The second-order valence-electron chi connectivity index (χ2n) is 6.97. The number of ether oxygens (including phenoxy) is 1. The van der Waals surface area contributed by atoms with Crippen LogP contribution >= 0.6 is 0 Å². The summed E-state index contributed by atoms with van der Waals surface area (Å²) < 4.78 is 42.3. The molecule has 0 aromatic carbocycles. The van der Waals surface area contributed by atoms with Crippen molar-refractivity contribution in [3.63, 3.8) is 0 Å². The summed E-state index contributed by atoms with van der Waals surface area (Å²) in [5.74, 6) is -0.525. The quantitative estimate of drug-likeness (QED) is 0.739. The van der Waals surface area contributed by atoms with E-state index in [1.165, 1.54) is 0 Å². The molecule has 0 N–H and O–H groups in total. The molecule has 1 fully saturated rings. The third-order valence-corrected chi connectivity index (χ3v) is 3.67. The Labute approximate surface area is 135 Å². The Morgan fingerprint density at radius 1 is 1.30 bits per heavy atom. The Morgan fingerprint density at radius 2 is 1.91 bits per heavy atom. The van der Waals surface area contributed by atoms with Crippen LogP contribution < -0.4 is 0 Å². The average Bonchev–Trinajstić information content (AvgIpc) is 2.34. The monoisotopic (exact) mass is 339 g/mol. The molecule has 1 heterocycles. The molecule has 0 aliphatic carbocycles. The van der Waals surface area contributed by atoms with Crippen LogP contribution in [0.15, 0.2) is 0 Å². The lowest BCUT2D eigenvalue weighted by atomic mass is 10.1. The van der Waals surface area contributed by atoms with Gasteiger partial charge in [-0.25, -0.2) is 4.79 Å². The number of imide groups is 1. The lowest BCUT2D eigenvalue weighted by molar-refractivity contribution is -0.788. The number of halogens is 3. The van der Waals surface area contributed by atoms with Crippen molar-refractivity contribution in [2.75, 3.05) is 32.7 Å². The second-order valence-corrected chi connectivity index (χ2v) is 6.97. The van der Waals surface area contributed by atoms with Gasteiger partial charge in [0, 0.05) is 6.54 Å². The molecule has 0 radical (unpaired) electrons. The standard InChI is InChI=1S/C15H26F3N2O3/c1-5-6-8-20(13(22)23-14(2,3)4)9-7-19(10-12(20)21)11-15(16,17)18/h5-11H2,1-4H3/q+1. The number of hydrogen-bond donors (Lipinski definition) is 0. The molecule has 1 aliphatic rings. The van der Waals surface area contributed by atoms with Crippen LogP contribution in [0.5, 0.6) is 0 Å². The van der Waals surface area contributed by atoms with Crippen molar-refractivity contribution in [2.45, 2.75) is 52.3 Å². The molecule has 23 heavy (non-hydrogen) atoms. The van der Waals surface area contributed by atoms with Crippen LogP contribution in [0.25, 0.3) is 0 Å². The number of carbonyl (C=O) groups excluding carboxylic acids is 2. The molecule has 0 saturated carbocycles. The van der Waals surface area contributed by atoms with E-state index >= 15 is 0 Å². The van der Waals surface area contributed by atoms with Crippen LogP contribution in [0.3, 0.4) is 0 Å². The molecule has 0 aromatic heterocycles. The number of amides is 2. The summed E-state index contributed by atoms with van der Waals surface area (Å²) in [7, 11) is 0. The van der Waals surface area contributed by atoms with E-state index in [2.05, 4.69) is 0 Å². The maximum atomic E-state index is 12.5. The fourth-order valence-corrected chi connectivity index (χ4v) is 2.53. The van der Waals surface area contributed by atoms with Gasteiger partial charge in [-0.3, -0.25) is 4.90 Å².